The molecule has 0 aromatic carbocycles. The lowest BCUT2D eigenvalue weighted by molar-refractivity contribution is 0.471. The number of aromatic nitrogens is 3. The van der Waals surface area contributed by atoms with Crippen LogP contribution >= 0.6 is 0 Å². The predicted octanol–water partition coefficient (Wildman–Crippen LogP) is 0.920. The minimum absolute atomic E-state index is 0.115. The highest BCUT2D eigenvalue weighted by atomic mass is 32.2. The third-order valence-electron chi connectivity index (χ3n) is 2.53. The molecule has 2 atom stereocenters. The number of rotatable bonds is 7. The van der Waals surface area contributed by atoms with Gasteiger partial charge in [-0.15, -0.1) is 0 Å². The Morgan fingerprint density at radius 3 is 2.76 bits per heavy atom. The summed E-state index contributed by atoms with van der Waals surface area (Å²) in [5.74, 6) is 1.78. The van der Waals surface area contributed by atoms with E-state index in [9.17, 15) is 4.21 Å². The van der Waals surface area contributed by atoms with Crippen LogP contribution in [0.1, 0.15) is 33.0 Å². The van der Waals surface area contributed by atoms with Gasteiger partial charge in [-0.25, -0.2) is 9.67 Å². The molecular formula is C11H22N4OS. The quantitative estimate of drug-likeness (QED) is 0.789. The lowest BCUT2D eigenvalue weighted by Gasteiger charge is -2.11. The monoisotopic (exact) mass is 258 g/mol. The second-order valence-electron chi connectivity index (χ2n) is 4.67. The summed E-state index contributed by atoms with van der Waals surface area (Å²) in [5, 5.41) is 4.28. The first-order chi connectivity index (χ1) is 8.04. The standard InChI is InChI=1S/C11H22N4OS/c1-9(2)6-15-11(13-8-14-15)7-17(16)10(3)4-5-12/h8-10H,4-7,12H2,1-3H3. The van der Waals surface area contributed by atoms with Crippen molar-refractivity contribution in [2.75, 3.05) is 6.54 Å². The largest absolute Gasteiger partial charge is 0.330 e. The van der Waals surface area contributed by atoms with Crippen molar-refractivity contribution in [2.24, 2.45) is 11.7 Å². The molecule has 5 nitrogen and oxygen atoms in total. The Balaban J connectivity index is 2.62. The average Bonchev–Trinajstić information content (AvgIpc) is 2.65. The molecule has 0 fully saturated rings. The smallest absolute Gasteiger partial charge is 0.139 e. The van der Waals surface area contributed by atoms with Gasteiger partial charge in [-0.05, 0) is 18.9 Å². The maximum atomic E-state index is 12.0. The molecule has 1 rings (SSSR count). The Morgan fingerprint density at radius 1 is 1.47 bits per heavy atom. The topological polar surface area (TPSA) is 73.8 Å². The molecule has 0 bridgehead atoms. The van der Waals surface area contributed by atoms with E-state index in [4.69, 9.17) is 5.73 Å². The van der Waals surface area contributed by atoms with Gasteiger partial charge in [0.2, 0.25) is 0 Å². The van der Waals surface area contributed by atoms with Crippen molar-refractivity contribution in [2.45, 2.75) is 44.7 Å². The highest BCUT2D eigenvalue weighted by molar-refractivity contribution is 7.84. The van der Waals surface area contributed by atoms with E-state index in [0.29, 0.717) is 18.2 Å². The Hall–Kier alpha value is -0.750. The summed E-state index contributed by atoms with van der Waals surface area (Å²) >= 11 is 0. The van der Waals surface area contributed by atoms with Crippen LogP contribution in [0.15, 0.2) is 6.33 Å². The molecule has 0 aliphatic heterocycles. The normalized spacial score (nSPS) is 15.1. The molecule has 98 valence electrons. The Labute approximate surface area is 105 Å². The molecule has 1 aromatic rings. The molecule has 6 heteroatoms. The maximum absolute atomic E-state index is 12.0. The van der Waals surface area contributed by atoms with E-state index in [1.165, 1.54) is 6.33 Å². The zero-order valence-corrected chi connectivity index (χ0v) is 11.6. The van der Waals surface area contributed by atoms with Gasteiger partial charge >= 0.3 is 0 Å². The minimum Gasteiger partial charge on any atom is -0.330 e. The number of nitrogens with zero attached hydrogens (tertiary/aromatic N) is 3. The van der Waals surface area contributed by atoms with Crippen molar-refractivity contribution in [1.82, 2.24) is 14.8 Å². The Kier molecular flexibility index (Phi) is 5.77. The van der Waals surface area contributed by atoms with Crippen LogP contribution in [0.5, 0.6) is 0 Å². The zero-order valence-electron chi connectivity index (χ0n) is 10.8. The van der Waals surface area contributed by atoms with Crippen LogP contribution in [0.2, 0.25) is 0 Å². The molecule has 1 heterocycles. The van der Waals surface area contributed by atoms with E-state index in [0.717, 1.165) is 18.8 Å². The van der Waals surface area contributed by atoms with Crippen molar-refractivity contribution >= 4 is 10.8 Å². The summed E-state index contributed by atoms with van der Waals surface area (Å²) in [5.41, 5.74) is 5.47. The van der Waals surface area contributed by atoms with Gasteiger partial charge in [0.05, 0.1) is 5.75 Å². The molecule has 0 amide bonds. The predicted molar refractivity (Wildman–Crippen MR) is 69.8 cm³/mol. The van der Waals surface area contributed by atoms with E-state index in [2.05, 4.69) is 23.9 Å². The molecular weight excluding hydrogens is 236 g/mol. The summed E-state index contributed by atoms with van der Waals surface area (Å²) in [4.78, 5) is 4.18. The van der Waals surface area contributed by atoms with Crippen LogP contribution in [0.4, 0.5) is 0 Å². The second-order valence-corrected chi connectivity index (χ2v) is 6.52. The van der Waals surface area contributed by atoms with Crippen LogP contribution < -0.4 is 5.73 Å². The third kappa shape index (κ3) is 4.55. The average molecular weight is 258 g/mol. The maximum Gasteiger partial charge on any atom is 0.139 e. The van der Waals surface area contributed by atoms with Gasteiger partial charge in [0.25, 0.3) is 0 Å². The number of hydrogen-bond donors (Lipinski definition) is 1. The van der Waals surface area contributed by atoms with Crippen molar-refractivity contribution in [3.63, 3.8) is 0 Å². The molecule has 0 aliphatic rings. The van der Waals surface area contributed by atoms with Crippen molar-refractivity contribution in [3.8, 4) is 0 Å². The molecule has 2 N–H and O–H groups in total. The van der Waals surface area contributed by atoms with Gasteiger partial charge in [0.1, 0.15) is 12.2 Å². The van der Waals surface area contributed by atoms with Gasteiger partial charge in [-0.3, -0.25) is 4.21 Å². The van der Waals surface area contributed by atoms with E-state index in [1.807, 2.05) is 11.6 Å². The van der Waals surface area contributed by atoms with Crippen molar-refractivity contribution in [1.29, 1.82) is 0 Å². The Morgan fingerprint density at radius 2 is 2.18 bits per heavy atom. The molecule has 2 unspecified atom stereocenters. The lowest BCUT2D eigenvalue weighted by Crippen LogP contribution is -2.19. The SMILES string of the molecule is CC(C)Cn1ncnc1CS(=O)C(C)CCN. The van der Waals surface area contributed by atoms with Crippen molar-refractivity contribution in [3.05, 3.63) is 12.2 Å². The number of hydrogen-bond acceptors (Lipinski definition) is 4. The summed E-state index contributed by atoms with van der Waals surface area (Å²) in [7, 11) is -0.922. The van der Waals surface area contributed by atoms with Gasteiger partial charge in [0.15, 0.2) is 0 Å². The first-order valence-corrected chi connectivity index (χ1v) is 7.36. The first-order valence-electron chi connectivity index (χ1n) is 5.98. The summed E-state index contributed by atoms with van der Waals surface area (Å²) in [6.45, 7) is 7.61. The molecule has 0 saturated heterocycles. The van der Waals surface area contributed by atoms with Gasteiger partial charge < -0.3 is 5.73 Å². The fourth-order valence-corrected chi connectivity index (χ4v) is 2.70. The summed E-state index contributed by atoms with van der Waals surface area (Å²) < 4.78 is 13.9. The van der Waals surface area contributed by atoms with Gasteiger partial charge in [-0.2, -0.15) is 5.10 Å². The van der Waals surface area contributed by atoms with Crippen molar-refractivity contribution < 1.29 is 4.21 Å². The number of nitrogens with two attached hydrogens (primary N) is 1. The van der Waals surface area contributed by atoms with E-state index < -0.39 is 10.8 Å². The Bertz CT molecular complexity index is 364. The van der Waals surface area contributed by atoms with Crippen LogP contribution in [-0.4, -0.2) is 30.8 Å². The molecule has 17 heavy (non-hydrogen) atoms. The van der Waals surface area contributed by atoms with Crippen LogP contribution in [0.25, 0.3) is 0 Å². The molecule has 0 saturated carbocycles. The summed E-state index contributed by atoms with van der Waals surface area (Å²) in [6.07, 6.45) is 2.31. The highest BCUT2D eigenvalue weighted by Crippen LogP contribution is 2.08. The van der Waals surface area contributed by atoms with Gasteiger partial charge in [0, 0.05) is 22.6 Å². The fourth-order valence-electron chi connectivity index (χ4n) is 1.53. The first kappa shape index (κ1) is 14.3. The minimum atomic E-state index is -0.922. The van der Waals surface area contributed by atoms with E-state index in [-0.39, 0.29) is 5.25 Å². The molecule has 1 aromatic heterocycles. The van der Waals surface area contributed by atoms with Crippen LogP contribution in [0.3, 0.4) is 0 Å². The van der Waals surface area contributed by atoms with E-state index in [1.54, 1.807) is 0 Å². The van der Waals surface area contributed by atoms with E-state index >= 15 is 0 Å². The third-order valence-corrected chi connectivity index (χ3v) is 4.20. The molecule has 0 spiro atoms. The van der Waals surface area contributed by atoms with Crippen LogP contribution in [-0.2, 0) is 23.1 Å². The highest BCUT2D eigenvalue weighted by Gasteiger charge is 2.15. The lowest BCUT2D eigenvalue weighted by atomic mass is 10.2. The summed E-state index contributed by atoms with van der Waals surface area (Å²) in [6, 6.07) is 0. The second kappa shape index (κ2) is 6.86. The molecule has 0 radical (unpaired) electrons. The fraction of sp³-hybridized carbons (Fsp3) is 0.818. The zero-order chi connectivity index (χ0) is 12.8. The van der Waals surface area contributed by atoms with Gasteiger partial charge in [-0.1, -0.05) is 20.8 Å². The van der Waals surface area contributed by atoms with Crippen LogP contribution in [0, 0.1) is 5.92 Å². The molecule has 0 aliphatic carbocycles.